The summed E-state index contributed by atoms with van der Waals surface area (Å²) in [6, 6.07) is 7.13. The van der Waals surface area contributed by atoms with E-state index >= 15 is 0 Å². The molecule has 0 aliphatic carbocycles. The minimum atomic E-state index is -0.227. The molecule has 0 atom stereocenters. The molecule has 4 rings (SSSR count). The van der Waals surface area contributed by atoms with Crippen molar-refractivity contribution in [3.63, 3.8) is 0 Å². The van der Waals surface area contributed by atoms with Crippen LogP contribution in [0.2, 0.25) is 5.02 Å². The third-order valence-corrected chi connectivity index (χ3v) is 5.10. The van der Waals surface area contributed by atoms with Crippen LogP contribution in [0.5, 0.6) is 0 Å². The normalized spacial score (nSPS) is 10.9. The van der Waals surface area contributed by atoms with Gasteiger partial charge in [0.05, 0.1) is 16.3 Å². The van der Waals surface area contributed by atoms with Crippen molar-refractivity contribution in [2.75, 3.05) is 0 Å². The maximum absolute atomic E-state index is 12.8. The molecule has 0 aromatic carbocycles. The van der Waals surface area contributed by atoms with E-state index in [1.165, 1.54) is 4.68 Å². The first-order valence-electron chi connectivity index (χ1n) is 9.63. The van der Waals surface area contributed by atoms with E-state index in [1.54, 1.807) is 53.9 Å². The lowest BCUT2D eigenvalue weighted by Crippen LogP contribution is -2.24. The van der Waals surface area contributed by atoms with E-state index in [1.807, 2.05) is 13.0 Å². The third-order valence-electron chi connectivity index (χ3n) is 4.73. The first-order chi connectivity index (χ1) is 15.0. The zero-order valence-electron chi connectivity index (χ0n) is 16.7. The number of amides is 1. The van der Waals surface area contributed by atoms with Gasteiger partial charge in [0, 0.05) is 56.1 Å². The Kier molecular flexibility index (Phi) is 5.94. The molecule has 0 aliphatic rings. The van der Waals surface area contributed by atoms with Gasteiger partial charge in [-0.15, -0.1) is 0 Å². The van der Waals surface area contributed by atoms with E-state index in [2.05, 4.69) is 25.5 Å². The first kappa shape index (κ1) is 20.5. The quantitative estimate of drug-likeness (QED) is 0.461. The number of carbonyl (C=O) groups is 1. The number of hydrogen-bond donors (Lipinski definition) is 2. The summed E-state index contributed by atoms with van der Waals surface area (Å²) in [5.41, 5.74) is 2.55. The van der Waals surface area contributed by atoms with Gasteiger partial charge < -0.3 is 5.32 Å². The second kappa shape index (κ2) is 8.97. The van der Waals surface area contributed by atoms with Gasteiger partial charge in [0.1, 0.15) is 0 Å². The van der Waals surface area contributed by atoms with Crippen LogP contribution in [0.4, 0.5) is 0 Å². The summed E-state index contributed by atoms with van der Waals surface area (Å²) in [6.07, 6.45) is 8.49. The number of halogens is 1. The summed E-state index contributed by atoms with van der Waals surface area (Å²) in [4.78, 5) is 33.3. The van der Waals surface area contributed by atoms with Crippen molar-refractivity contribution in [3.05, 3.63) is 81.9 Å². The topological polar surface area (TPSA) is 110 Å². The summed E-state index contributed by atoms with van der Waals surface area (Å²) in [5, 5.41) is 10.6. The first-order valence-corrected chi connectivity index (χ1v) is 10.0. The monoisotopic (exact) mass is 437 g/mol. The number of aromatic nitrogens is 6. The van der Waals surface area contributed by atoms with Gasteiger partial charge in [-0.05, 0) is 30.7 Å². The molecule has 31 heavy (non-hydrogen) atoms. The zero-order valence-corrected chi connectivity index (χ0v) is 17.5. The number of aryl methyl sites for hydroxylation is 2. The molecule has 4 aromatic heterocycles. The maximum Gasteiger partial charge on any atom is 0.280 e. The second-order valence-electron chi connectivity index (χ2n) is 6.94. The molecule has 0 aliphatic heterocycles. The molecule has 0 bridgehead atoms. The van der Waals surface area contributed by atoms with Gasteiger partial charge in [-0.1, -0.05) is 17.7 Å². The van der Waals surface area contributed by atoms with Crippen molar-refractivity contribution in [2.45, 2.75) is 26.4 Å². The lowest BCUT2D eigenvalue weighted by atomic mass is 10.2. The van der Waals surface area contributed by atoms with Gasteiger partial charge in [-0.25, -0.2) is 9.67 Å². The molecule has 10 heteroatoms. The molecule has 158 valence electrons. The standard InChI is InChI=1S/C21H20ClN7O2/c1-14-18(22)13-28(27-14)8-5-20(30)25-10-15-4-7-24-19(9-15)29-21(31)17(12-26-29)16-3-2-6-23-11-16/h2-4,6-7,9,11-13,26H,5,8,10H2,1H3,(H,25,30). The molecule has 0 radical (unpaired) electrons. The van der Waals surface area contributed by atoms with Crippen LogP contribution in [-0.4, -0.2) is 35.4 Å². The van der Waals surface area contributed by atoms with Crippen LogP contribution in [-0.2, 0) is 17.9 Å². The summed E-state index contributed by atoms with van der Waals surface area (Å²) < 4.78 is 3.01. The van der Waals surface area contributed by atoms with Gasteiger partial charge in [-0.3, -0.25) is 24.4 Å². The number of aromatic amines is 1. The molecule has 9 nitrogen and oxygen atoms in total. The zero-order chi connectivity index (χ0) is 21.8. The van der Waals surface area contributed by atoms with E-state index in [0.717, 1.165) is 16.8 Å². The average Bonchev–Trinajstić information content (AvgIpc) is 3.33. The number of nitrogens with one attached hydrogen (secondary N) is 2. The Balaban J connectivity index is 1.40. The van der Waals surface area contributed by atoms with Crippen molar-refractivity contribution < 1.29 is 4.79 Å². The Labute approximate surface area is 182 Å². The minimum Gasteiger partial charge on any atom is -0.352 e. The lowest BCUT2D eigenvalue weighted by molar-refractivity contribution is -0.121. The summed E-state index contributed by atoms with van der Waals surface area (Å²) in [5.74, 6) is 0.326. The Morgan fingerprint density at radius 3 is 2.90 bits per heavy atom. The molecule has 0 fully saturated rings. The summed E-state index contributed by atoms with van der Waals surface area (Å²) in [6.45, 7) is 2.57. The fourth-order valence-electron chi connectivity index (χ4n) is 3.08. The van der Waals surface area contributed by atoms with Gasteiger partial charge >= 0.3 is 0 Å². The van der Waals surface area contributed by atoms with Crippen LogP contribution < -0.4 is 10.9 Å². The number of nitrogens with zero attached hydrogens (tertiary/aromatic N) is 5. The molecule has 4 aromatic rings. The van der Waals surface area contributed by atoms with Crippen molar-refractivity contribution in [1.29, 1.82) is 0 Å². The van der Waals surface area contributed by atoms with Crippen molar-refractivity contribution in [1.82, 2.24) is 34.8 Å². The van der Waals surface area contributed by atoms with E-state index in [0.29, 0.717) is 29.5 Å². The molecule has 0 spiro atoms. The summed E-state index contributed by atoms with van der Waals surface area (Å²) in [7, 11) is 0. The van der Waals surface area contributed by atoms with Crippen LogP contribution in [0.1, 0.15) is 17.7 Å². The van der Waals surface area contributed by atoms with Crippen molar-refractivity contribution in [3.8, 4) is 16.9 Å². The number of carbonyl (C=O) groups excluding carboxylic acids is 1. The molecule has 2 N–H and O–H groups in total. The van der Waals surface area contributed by atoms with Gasteiger partial charge in [-0.2, -0.15) is 5.10 Å². The average molecular weight is 438 g/mol. The fraction of sp³-hybridized carbons (Fsp3) is 0.190. The molecule has 0 saturated heterocycles. The number of rotatable bonds is 7. The Morgan fingerprint density at radius 2 is 2.16 bits per heavy atom. The van der Waals surface area contributed by atoms with Gasteiger partial charge in [0.25, 0.3) is 5.56 Å². The van der Waals surface area contributed by atoms with E-state index in [9.17, 15) is 9.59 Å². The predicted molar refractivity (Wildman–Crippen MR) is 116 cm³/mol. The number of pyridine rings is 2. The Morgan fingerprint density at radius 1 is 1.29 bits per heavy atom. The van der Waals surface area contributed by atoms with Gasteiger partial charge in [0.2, 0.25) is 5.91 Å². The Bertz CT molecular complexity index is 1240. The highest BCUT2D eigenvalue weighted by atomic mass is 35.5. The van der Waals surface area contributed by atoms with Crippen LogP contribution >= 0.6 is 11.6 Å². The highest BCUT2D eigenvalue weighted by Crippen LogP contribution is 2.14. The Hall–Kier alpha value is -3.72. The fourth-order valence-corrected chi connectivity index (χ4v) is 3.23. The number of H-pyrrole nitrogens is 1. The third kappa shape index (κ3) is 4.72. The predicted octanol–water partition coefficient (Wildman–Crippen LogP) is 2.49. The maximum atomic E-state index is 12.8. The number of hydrogen-bond acceptors (Lipinski definition) is 5. The molecular formula is C21H20ClN7O2. The van der Waals surface area contributed by atoms with Crippen LogP contribution in [0.15, 0.2) is 60.0 Å². The van der Waals surface area contributed by atoms with Crippen molar-refractivity contribution in [2.24, 2.45) is 0 Å². The van der Waals surface area contributed by atoms with Crippen LogP contribution in [0.25, 0.3) is 16.9 Å². The molecule has 1 amide bonds. The minimum absolute atomic E-state index is 0.112. The van der Waals surface area contributed by atoms with E-state index < -0.39 is 0 Å². The van der Waals surface area contributed by atoms with Gasteiger partial charge in [0.15, 0.2) is 5.82 Å². The second-order valence-corrected chi connectivity index (χ2v) is 7.35. The van der Waals surface area contributed by atoms with Crippen molar-refractivity contribution >= 4 is 17.5 Å². The molecule has 0 saturated carbocycles. The summed E-state index contributed by atoms with van der Waals surface area (Å²) >= 11 is 5.98. The smallest absolute Gasteiger partial charge is 0.280 e. The van der Waals surface area contributed by atoms with E-state index in [-0.39, 0.29) is 17.9 Å². The SMILES string of the molecule is Cc1nn(CCC(=O)NCc2ccnc(-n3[nH]cc(-c4cccnc4)c3=O)c2)cc1Cl. The van der Waals surface area contributed by atoms with Crippen LogP contribution in [0, 0.1) is 6.92 Å². The molecule has 4 heterocycles. The molecular weight excluding hydrogens is 418 g/mol. The molecule has 0 unspecified atom stereocenters. The highest BCUT2D eigenvalue weighted by molar-refractivity contribution is 6.31. The highest BCUT2D eigenvalue weighted by Gasteiger charge is 2.12. The largest absolute Gasteiger partial charge is 0.352 e. The lowest BCUT2D eigenvalue weighted by Gasteiger charge is -2.07. The van der Waals surface area contributed by atoms with E-state index in [4.69, 9.17) is 11.6 Å². The van der Waals surface area contributed by atoms with Crippen LogP contribution in [0.3, 0.4) is 0 Å².